The molecule has 0 aromatic rings. The van der Waals surface area contributed by atoms with Crippen molar-refractivity contribution in [1.29, 1.82) is 5.53 Å². The summed E-state index contributed by atoms with van der Waals surface area (Å²) in [5.74, 6) is 0. The van der Waals surface area contributed by atoms with Crippen molar-refractivity contribution >= 4 is 0 Å². The van der Waals surface area contributed by atoms with Crippen molar-refractivity contribution in [3.63, 3.8) is 0 Å². The minimum absolute atomic E-state index is 1.78. The highest BCUT2D eigenvalue weighted by Crippen LogP contribution is 1.53. The molecule has 0 saturated heterocycles. The van der Waals surface area contributed by atoms with Gasteiger partial charge in [0.15, 0.2) is 0 Å². The third-order valence-corrected chi connectivity index (χ3v) is 0.0408. The fourth-order valence-electron chi connectivity index (χ4n) is 0. The van der Waals surface area contributed by atoms with Gasteiger partial charge in [-0.05, 0) is 5.22 Å². The van der Waals surface area contributed by atoms with Crippen LogP contribution in [0.15, 0.2) is 10.5 Å². The molecule has 4 nitrogen and oxygen atoms in total. The van der Waals surface area contributed by atoms with Crippen LogP contribution in [0.1, 0.15) is 0 Å². The minimum atomic E-state index is 1.78. The van der Waals surface area contributed by atoms with Crippen LogP contribution in [-0.4, -0.2) is 0 Å². The standard InChI is InChI=1S/HN3O/c1-2-3-4/h1H. The van der Waals surface area contributed by atoms with Crippen molar-refractivity contribution in [2.24, 2.45) is 10.5 Å². The van der Waals surface area contributed by atoms with Crippen molar-refractivity contribution in [3.8, 4) is 0 Å². The van der Waals surface area contributed by atoms with E-state index >= 15 is 0 Å². The Balaban J connectivity index is 2.73. The SMILES string of the molecule is N=NN=O. The molecule has 4 heteroatoms. The molecule has 0 aromatic heterocycles. The van der Waals surface area contributed by atoms with E-state index in [0.717, 1.165) is 0 Å². The van der Waals surface area contributed by atoms with Gasteiger partial charge in [-0.15, -0.1) is 4.91 Å². The zero-order valence-corrected chi connectivity index (χ0v) is 1.80. The summed E-state index contributed by atoms with van der Waals surface area (Å²) in [6, 6.07) is 0. The van der Waals surface area contributed by atoms with Crippen LogP contribution in [0.4, 0.5) is 0 Å². The summed E-state index contributed by atoms with van der Waals surface area (Å²) in [6.07, 6.45) is 0. The van der Waals surface area contributed by atoms with Gasteiger partial charge in [0, 0.05) is 0 Å². The van der Waals surface area contributed by atoms with E-state index < -0.39 is 0 Å². The van der Waals surface area contributed by atoms with Crippen molar-refractivity contribution < 1.29 is 0 Å². The first-order chi connectivity index (χ1) is 1.91. The number of nitrogens with one attached hydrogen (secondary N) is 1. The van der Waals surface area contributed by atoms with Crippen LogP contribution in [0.2, 0.25) is 0 Å². The topological polar surface area (TPSA) is 65.6 Å². The maximum atomic E-state index is 8.57. The van der Waals surface area contributed by atoms with Crippen LogP contribution in [-0.2, 0) is 0 Å². The predicted molar refractivity (Wildman–Crippen MR) is 10.9 cm³/mol. The van der Waals surface area contributed by atoms with Gasteiger partial charge in [-0.2, -0.15) is 5.53 Å². The Labute approximate surface area is 22.3 Å². The molecule has 0 spiro atoms. The molecule has 4 heavy (non-hydrogen) atoms. The molecule has 0 rings (SSSR count). The Morgan fingerprint density at radius 2 is 2.00 bits per heavy atom. The summed E-state index contributed by atoms with van der Waals surface area (Å²) in [5, 5.41) is 3.83. The monoisotopic (exact) mass is 59.0 g/mol. The lowest BCUT2D eigenvalue weighted by Crippen LogP contribution is -1.21. The molecule has 0 aliphatic heterocycles. The van der Waals surface area contributed by atoms with Crippen LogP contribution < -0.4 is 0 Å². The number of hydrogen-bond acceptors (Lipinski definition) is 2. The molecular formula is HN3O. The number of nitrogens with zero attached hydrogens (tertiary/aromatic N) is 2. The van der Waals surface area contributed by atoms with Gasteiger partial charge in [0.05, 0.1) is 5.29 Å². The van der Waals surface area contributed by atoms with E-state index in [9.17, 15) is 0 Å². The van der Waals surface area contributed by atoms with E-state index in [0.29, 0.717) is 0 Å². The van der Waals surface area contributed by atoms with Crippen LogP contribution in [0.3, 0.4) is 0 Å². The van der Waals surface area contributed by atoms with E-state index in [1.54, 1.807) is 5.29 Å². The summed E-state index contributed by atoms with van der Waals surface area (Å²) in [5.41, 5.74) is 5.60. The fourth-order valence-corrected chi connectivity index (χ4v) is 0. The molecule has 0 atom stereocenters. The average Bonchev–Trinajstić information content (AvgIpc) is 1.37. The van der Waals surface area contributed by atoms with Gasteiger partial charge in [-0.3, -0.25) is 0 Å². The summed E-state index contributed by atoms with van der Waals surface area (Å²) in [4.78, 5) is 8.57. The van der Waals surface area contributed by atoms with E-state index in [4.69, 9.17) is 10.4 Å². The predicted octanol–water partition coefficient (Wildman–Crippen LogP) is 0.699. The molecule has 22 valence electrons. The van der Waals surface area contributed by atoms with E-state index in [2.05, 4.69) is 5.22 Å². The highest BCUT2D eigenvalue weighted by Gasteiger charge is 1.37. The first-order valence-corrected chi connectivity index (χ1v) is 0.606. The fraction of sp³-hybridized carbons (Fsp3) is 0. The molecular weight excluding hydrogens is 58.0 g/mol. The lowest BCUT2D eigenvalue weighted by Gasteiger charge is -1.37. The molecule has 0 saturated carbocycles. The zero-order valence-electron chi connectivity index (χ0n) is 1.80. The van der Waals surface area contributed by atoms with Crippen LogP contribution in [0.5, 0.6) is 0 Å². The molecule has 0 bridgehead atoms. The molecule has 0 radical (unpaired) electrons. The molecule has 0 amide bonds. The zero-order chi connectivity index (χ0) is 3.41. The van der Waals surface area contributed by atoms with E-state index in [1.165, 1.54) is 0 Å². The summed E-state index contributed by atoms with van der Waals surface area (Å²) in [7, 11) is 0. The third kappa shape index (κ3) is 1.20. The van der Waals surface area contributed by atoms with Crippen molar-refractivity contribution in [1.82, 2.24) is 0 Å². The molecule has 0 aliphatic rings. The Morgan fingerprint density at radius 1 is 1.75 bits per heavy atom. The highest BCUT2D eigenvalue weighted by molar-refractivity contribution is 3.99. The van der Waals surface area contributed by atoms with Crippen LogP contribution in [0.25, 0.3) is 0 Å². The van der Waals surface area contributed by atoms with Gasteiger partial charge in [-0.25, -0.2) is 0 Å². The van der Waals surface area contributed by atoms with Crippen molar-refractivity contribution in [3.05, 3.63) is 4.91 Å². The lowest BCUT2D eigenvalue weighted by atomic mass is 12.7. The number of rotatable bonds is 1. The minimum Gasteiger partial charge on any atom is -0.182 e. The molecule has 1 N–H and O–H groups in total. The van der Waals surface area contributed by atoms with Crippen molar-refractivity contribution in [2.45, 2.75) is 0 Å². The van der Waals surface area contributed by atoms with E-state index in [-0.39, 0.29) is 0 Å². The summed E-state index contributed by atoms with van der Waals surface area (Å²) in [6.45, 7) is 0. The average molecular weight is 59.0 g/mol. The second-order valence-corrected chi connectivity index (χ2v) is 0.182. The molecule has 0 unspecified atom stereocenters. The number of nitroso groups, excluding NO2 is 1. The molecule has 0 aromatic carbocycles. The first kappa shape index (κ1) is 3.20. The Hall–Kier alpha value is -0.800. The van der Waals surface area contributed by atoms with E-state index in [1.807, 2.05) is 0 Å². The van der Waals surface area contributed by atoms with Crippen LogP contribution in [0, 0.1) is 10.4 Å². The number of hydrogen-bond donors (Lipinski definition) is 1. The molecule has 0 fully saturated rings. The third-order valence-electron chi connectivity index (χ3n) is 0.0408. The second kappa shape index (κ2) is 2.20. The van der Waals surface area contributed by atoms with Crippen LogP contribution >= 0.6 is 0 Å². The van der Waals surface area contributed by atoms with Gasteiger partial charge in [0.1, 0.15) is 0 Å². The first-order valence-electron chi connectivity index (χ1n) is 0.606. The maximum absolute atomic E-state index is 8.57. The normalized spacial score (nSPS) is 5.00. The lowest BCUT2D eigenvalue weighted by molar-refractivity contribution is 0.979. The van der Waals surface area contributed by atoms with Gasteiger partial charge < -0.3 is 0 Å². The Kier molecular flexibility index (Phi) is 1.76. The smallest absolute Gasteiger partial charge is 0.0999 e. The van der Waals surface area contributed by atoms with Crippen molar-refractivity contribution in [2.75, 3.05) is 0 Å². The highest BCUT2D eigenvalue weighted by atomic mass is 16.3. The summed E-state index contributed by atoms with van der Waals surface area (Å²) < 4.78 is 0. The van der Waals surface area contributed by atoms with Gasteiger partial charge in [0.25, 0.3) is 0 Å². The Morgan fingerprint density at radius 3 is 2.00 bits per heavy atom. The molecule has 0 heterocycles. The quantitative estimate of drug-likeness (QED) is 0.269. The van der Waals surface area contributed by atoms with Gasteiger partial charge in [0.2, 0.25) is 0 Å². The summed E-state index contributed by atoms with van der Waals surface area (Å²) >= 11 is 0. The largest absolute Gasteiger partial charge is 0.182 e. The second-order valence-electron chi connectivity index (χ2n) is 0.182. The van der Waals surface area contributed by atoms with Gasteiger partial charge in [-0.1, -0.05) is 0 Å². The maximum Gasteiger partial charge on any atom is 0.0999 e. The Bertz CT molecular complexity index is 24.3. The molecule has 0 aliphatic carbocycles. The van der Waals surface area contributed by atoms with Gasteiger partial charge >= 0.3 is 0 Å².